The Morgan fingerprint density at radius 3 is 2.72 bits per heavy atom. The molecule has 1 fully saturated rings. The Bertz CT molecular complexity index is 876. The molecule has 160 valence electrons. The summed E-state index contributed by atoms with van der Waals surface area (Å²) in [6.07, 6.45) is 3.93. The molecule has 29 heavy (non-hydrogen) atoms. The van der Waals surface area contributed by atoms with Gasteiger partial charge in [0.1, 0.15) is 18.7 Å². The van der Waals surface area contributed by atoms with Crippen LogP contribution in [-0.4, -0.2) is 77.1 Å². The molecular formula is C19H32N6O3Si. The molecule has 0 spiro atoms. The molecule has 1 N–H and O–H groups in total. The molecule has 1 saturated heterocycles. The summed E-state index contributed by atoms with van der Waals surface area (Å²) in [6, 6.07) is 0. The van der Waals surface area contributed by atoms with E-state index in [4.69, 9.17) is 9.16 Å². The SMILES string of the molecule is CN(C)/C=N/c1ncnc2c1ncn2[C@H]1C[C@@H](O)[C@@H](CO[Si](C)(C)C(C)(C)C)O1. The number of aliphatic imine (C=N–C) groups is 1. The zero-order valence-electron chi connectivity index (χ0n) is 18.3. The fourth-order valence-corrected chi connectivity index (χ4v) is 3.87. The van der Waals surface area contributed by atoms with Crippen molar-refractivity contribution in [3.8, 4) is 0 Å². The number of hydrogen-bond donors (Lipinski definition) is 1. The first-order chi connectivity index (χ1) is 13.5. The van der Waals surface area contributed by atoms with Crippen LogP contribution in [0, 0.1) is 0 Å². The van der Waals surface area contributed by atoms with Gasteiger partial charge in [0, 0.05) is 20.5 Å². The monoisotopic (exact) mass is 420 g/mol. The Hall–Kier alpha value is -1.88. The normalized spacial score (nSPS) is 23.4. The molecule has 0 aromatic carbocycles. The van der Waals surface area contributed by atoms with Gasteiger partial charge in [0.2, 0.25) is 0 Å². The van der Waals surface area contributed by atoms with Crippen LogP contribution in [0.1, 0.15) is 33.4 Å². The van der Waals surface area contributed by atoms with Gasteiger partial charge >= 0.3 is 0 Å². The van der Waals surface area contributed by atoms with Gasteiger partial charge in [-0.15, -0.1) is 0 Å². The molecule has 0 unspecified atom stereocenters. The minimum Gasteiger partial charge on any atom is -0.414 e. The van der Waals surface area contributed by atoms with Crippen LogP contribution in [-0.2, 0) is 9.16 Å². The summed E-state index contributed by atoms with van der Waals surface area (Å²) >= 11 is 0. The summed E-state index contributed by atoms with van der Waals surface area (Å²) in [4.78, 5) is 19.2. The van der Waals surface area contributed by atoms with Crippen molar-refractivity contribution in [3.05, 3.63) is 12.7 Å². The molecule has 0 bridgehead atoms. The Morgan fingerprint density at radius 2 is 2.07 bits per heavy atom. The minimum absolute atomic E-state index is 0.108. The van der Waals surface area contributed by atoms with Crippen LogP contribution >= 0.6 is 0 Å². The second kappa shape index (κ2) is 8.09. The standard InChI is InChI=1S/C19H32N6O3Si/c1-19(2,3)29(6,7)27-9-14-13(26)8-15(28-14)25-12-22-16-17(23-11-24(4)5)20-10-21-18(16)25/h10-15,26H,8-9H2,1-7H3/b23-11+/t13-,14-,15-/m1/s1. The molecule has 10 heteroatoms. The third kappa shape index (κ3) is 4.66. The summed E-state index contributed by atoms with van der Waals surface area (Å²) in [6.45, 7) is 11.4. The number of nitrogens with zero attached hydrogens (tertiary/aromatic N) is 6. The van der Waals surface area contributed by atoms with E-state index in [2.05, 4.69) is 53.8 Å². The fraction of sp³-hybridized carbons (Fsp3) is 0.684. The van der Waals surface area contributed by atoms with Crippen molar-refractivity contribution in [2.45, 2.75) is 63.8 Å². The molecular weight excluding hydrogens is 388 g/mol. The lowest BCUT2D eigenvalue weighted by atomic mass is 10.2. The fourth-order valence-electron chi connectivity index (χ4n) is 2.86. The van der Waals surface area contributed by atoms with Gasteiger partial charge in [-0.05, 0) is 18.1 Å². The zero-order chi connectivity index (χ0) is 21.4. The maximum atomic E-state index is 10.5. The van der Waals surface area contributed by atoms with E-state index in [0.717, 1.165) is 0 Å². The van der Waals surface area contributed by atoms with Gasteiger partial charge in [0.15, 0.2) is 25.3 Å². The van der Waals surface area contributed by atoms with E-state index in [-0.39, 0.29) is 17.4 Å². The number of aliphatic hydroxyl groups is 1. The lowest BCUT2D eigenvalue weighted by Crippen LogP contribution is -2.43. The van der Waals surface area contributed by atoms with Crippen LogP contribution in [0.3, 0.4) is 0 Å². The first-order valence-electron chi connectivity index (χ1n) is 9.85. The van der Waals surface area contributed by atoms with E-state index < -0.39 is 14.4 Å². The smallest absolute Gasteiger partial charge is 0.192 e. The number of imidazole rings is 1. The molecule has 0 aliphatic carbocycles. The second-order valence-corrected chi connectivity index (χ2v) is 14.0. The highest BCUT2D eigenvalue weighted by Gasteiger charge is 2.41. The van der Waals surface area contributed by atoms with Crippen molar-refractivity contribution >= 4 is 31.6 Å². The average molecular weight is 421 g/mol. The van der Waals surface area contributed by atoms with E-state index in [1.165, 1.54) is 6.33 Å². The first-order valence-corrected chi connectivity index (χ1v) is 12.8. The summed E-state index contributed by atoms with van der Waals surface area (Å²) < 4.78 is 14.2. The van der Waals surface area contributed by atoms with Crippen LogP contribution in [0.2, 0.25) is 18.1 Å². The van der Waals surface area contributed by atoms with Crippen LogP contribution in [0.4, 0.5) is 5.82 Å². The number of aromatic nitrogens is 4. The summed E-state index contributed by atoms with van der Waals surface area (Å²) in [7, 11) is 1.87. The molecule has 0 radical (unpaired) electrons. The molecule has 2 aromatic heterocycles. The maximum absolute atomic E-state index is 10.5. The predicted octanol–water partition coefficient (Wildman–Crippen LogP) is 2.72. The van der Waals surface area contributed by atoms with Gasteiger partial charge < -0.3 is 19.2 Å². The highest BCUT2D eigenvalue weighted by Crippen LogP contribution is 2.38. The number of fused-ring (bicyclic) bond motifs is 1. The highest BCUT2D eigenvalue weighted by molar-refractivity contribution is 6.74. The van der Waals surface area contributed by atoms with Crippen LogP contribution < -0.4 is 0 Å². The summed E-state index contributed by atoms with van der Waals surface area (Å²) in [5.74, 6) is 0.499. The maximum Gasteiger partial charge on any atom is 0.192 e. The number of ether oxygens (including phenoxy) is 1. The number of hydrogen-bond acceptors (Lipinski definition) is 7. The van der Waals surface area contributed by atoms with Crippen LogP contribution in [0.5, 0.6) is 0 Å². The largest absolute Gasteiger partial charge is 0.414 e. The Labute approximate surface area is 172 Å². The van der Waals surface area contributed by atoms with Gasteiger partial charge in [-0.25, -0.2) is 19.9 Å². The van der Waals surface area contributed by atoms with Crippen molar-refractivity contribution in [1.82, 2.24) is 24.4 Å². The van der Waals surface area contributed by atoms with Crippen LogP contribution in [0.15, 0.2) is 17.6 Å². The van der Waals surface area contributed by atoms with Gasteiger partial charge in [-0.1, -0.05) is 20.8 Å². The van der Waals surface area contributed by atoms with E-state index in [0.29, 0.717) is 30.0 Å². The lowest BCUT2D eigenvalue weighted by molar-refractivity contribution is -0.0405. The van der Waals surface area contributed by atoms with Crippen molar-refractivity contribution in [2.75, 3.05) is 20.7 Å². The third-order valence-corrected chi connectivity index (χ3v) is 10.2. The molecule has 9 nitrogen and oxygen atoms in total. The topological polar surface area (TPSA) is 97.9 Å². The molecule has 0 amide bonds. The molecule has 1 aliphatic rings. The summed E-state index contributed by atoms with van der Waals surface area (Å²) in [5.41, 5.74) is 1.23. The third-order valence-electron chi connectivity index (χ3n) is 5.68. The number of aliphatic hydroxyl groups excluding tert-OH is 1. The average Bonchev–Trinajstić information content (AvgIpc) is 3.20. The highest BCUT2D eigenvalue weighted by atomic mass is 28.4. The minimum atomic E-state index is -1.91. The van der Waals surface area contributed by atoms with Gasteiger partial charge in [-0.2, -0.15) is 0 Å². The van der Waals surface area contributed by atoms with E-state index in [9.17, 15) is 5.11 Å². The van der Waals surface area contributed by atoms with Gasteiger partial charge in [0.25, 0.3) is 0 Å². The van der Waals surface area contributed by atoms with Crippen molar-refractivity contribution in [2.24, 2.45) is 4.99 Å². The first kappa shape index (κ1) is 21.8. The summed E-state index contributed by atoms with van der Waals surface area (Å²) in [5, 5.41) is 10.7. The Balaban J connectivity index is 1.76. The molecule has 0 saturated carbocycles. The predicted molar refractivity (Wildman–Crippen MR) is 115 cm³/mol. The Morgan fingerprint density at radius 1 is 1.34 bits per heavy atom. The van der Waals surface area contributed by atoms with Crippen LogP contribution in [0.25, 0.3) is 11.2 Å². The lowest BCUT2D eigenvalue weighted by Gasteiger charge is -2.37. The van der Waals surface area contributed by atoms with E-state index in [1.807, 2.05) is 23.6 Å². The number of rotatable bonds is 6. The molecule has 3 rings (SSSR count). The molecule has 1 aliphatic heterocycles. The molecule has 3 atom stereocenters. The van der Waals surface area contributed by atoms with E-state index in [1.54, 1.807) is 12.7 Å². The quantitative estimate of drug-likeness (QED) is 0.436. The molecule has 3 heterocycles. The van der Waals surface area contributed by atoms with Crippen molar-refractivity contribution in [3.63, 3.8) is 0 Å². The van der Waals surface area contributed by atoms with E-state index >= 15 is 0 Å². The van der Waals surface area contributed by atoms with Crippen molar-refractivity contribution in [1.29, 1.82) is 0 Å². The zero-order valence-corrected chi connectivity index (χ0v) is 19.3. The second-order valence-electron chi connectivity index (χ2n) is 9.23. The van der Waals surface area contributed by atoms with Gasteiger partial charge in [-0.3, -0.25) is 4.57 Å². The Kier molecular flexibility index (Phi) is 6.09. The van der Waals surface area contributed by atoms with Gasteiger partial charge in [0.05, 0.1) is 25.4 Å². The van der Waals surface area contributed by atoms with Crippen molar-refractivity contribution < 1.29 is 14.3 Å². The molecule has 2 aromatic rings.